The maximum atomic E-state index is 12.8. The van der Waals surface area contributed by atoms with Crippen molar-refractivity contribution in [3.05, 3.63) is 18.2 Å². The number of carboxylic acids is 1. The number of aliphatic imine (C=N–C) groups is 1. The summed E-state index contributed by atoms with van der Waals surface area (Å²) in [6.45, 7) is 0.643. The minimum absolute atomic E-state index is 0.0516. The monoisotopic (exact) mass is 465 g/mol. The van der Waals surface area contributed by atoms with Crippen LogP contribution < -0.4 is 32.7 Å². The van der Waals surface area contributed by atoms with Gasteiger partial charge in [0.15, 0.2) is 5.96 Å². The zero-order valence-corrected chi connectivity index (χ0v) is 18.2. The number of hydrogen-bond donors (Lipinski definition) is 8. The minimum atomic E-state index is -1.23. The first-order valence-electron chi connectivity index (χ1n) is 10.6. The van der Waals surface area contributed by atoms with Crippen LogP contribution >= 0.6 is 0 Å². The predicted octanol–water partition coefficient (Wildman–Crippen LogP) is -3.07. The van der Waals surface area contributed by atoms with Gasteiger partial charge in [0.25, 0.3) is 0 Å². The molecule has 1 aliphatic heterocycles. The molecule has 1 fully saturated rings. The number of nitrogens with zero attached hydrogens (tertiary/aromatic N) is 2. The van der Waals surface area contributed by atoms with Gasteiger partial charge in [-0.3, -0.25) is 19.4 Å². The number of aliphatic carboxylic acids is 1. The summed E-state index contributed by atoms with van der Waals surface area (Å²) in [5.74, 6) is -2.89. The smallest absolute Gasteiger partial charge is 0.326 e. The molecule has 14 nitrogen and oxygen atoms in total. The van der Waals surface area contributed by atoms with Crippen molar-refractivity contribution in [1.29, 1.82) is 0 Å². The molecular formula is C19H31N9O5. The number of carboxylic acid groups (broad SMARTS) is 1. The van der Waals surface area contributed by atoms with E-state index < -0.39 is 29.9 Å². The maximum absolute atomic E-state index is 12.8. The number of H-pyrrole nitrogens is 1. The number of carbonyl (C=O) groups excluding carboxylic acids is 3. The second-order valence-electron chi connectivity index (χ2n) is 7.62. The molecule has 3 atom stereocenters. The highest BCUT2D eigenvalue weighted by Gasteiger charge is 2.28. The van der Waals surface area contributed by atoms with E-state index in [0.717, 1.165) is 13.0 Å². The summed E-state index contributed by atoms with van der Waals surface area (Å²) in [7, 11) is 0. The number of rotatable bonds is 13. The zero-order valence-electron chi connectivity index (χ0n) is 18.2. The highest BCUT2D eigenvalue weighted by Crippen LogP contribution is 2.05. The van der Waals surface area contributed by atoms with Gasteiger partial charge >= 0.3 is 5.97 Å². The maximum Gasteiger partial charge on any atom is 0.326 e. The molecule has 3 unspecified atom stereocenters. The Balaban J connectivity index is 1.95. The third-order valence-electron chi connectivity index (χ3n) is 4.99. The van der Waals surface area contributed by atoms with E-state index in [1.807, 2.05) is 0 Å². The van der Waals surface area contributed by atoms with E-state index in [4.69, 9.17) is 11.5 Å². The molecule has 1 saturated heterocycles. The van der Waals surface area contributed by atoms with E-state index in [2.05, 4.69) is 36.2 Å². The molecule has 1 aromatic rings. The first kappa shape index (κ1) is 25.6. The number of aromatic nitrogens is 2. The Kier molecular flexibility index (Phi) is 10.1. The van der Waals surface area contributed by atoms with Crippen LogP contribution in [0.1, 0.15) is 31.4 Å². The number of guanidine groups is 1. The second-order valence-corrected chi connectivity index (χ2v) is 7.62. The van der Waals surface area contributed by atoms with E-state index >= 15 is 0 Å². The fourth-order valence-corrected chi connectivity index (χ4v) is 3.30. The lowest BCUT2D eigenvalue weighted by Gasteiger charge is -2.21. The average Bonchev–Trinajstić information content (AvgIpc) is 3.47. The molecule has 1 aliphatic rings. The fraction of sp³-hybridized carbons (Fsp3) is 0.579. The highest BCUT2D eigenvalue weighted by molar-refractivity contribution is 5.92. The number of hydrogen-bond acceptors (Lipinski definition) is 7. The van der Waals surface area contributed by atoms with Crippen LogP contribution in [0.2, 0.25) is 0 Å². The van der Waals surface area contributed by atoms with Gasteiger partial charge in [-0.1, -0.05) is 0 Å². The van der Waals surface area contributed by atoms with Crippen molar-refractivity contribution in [2.45, 2.75) is 50.2 Å². The van der Waals surface area contributed by atoms with E-state index in [0.29, 0.717) is 18.5 Å². The Hall–Kier alpha value is -3.68. The highest BCUT2D eigenvalue weighted by atomic mass is 16.4. The van der Waals surface area contributed by atoms with Crippen molar-refractivity contribution in [3.8, 4) is 0 Å². The van der Waals surface area contributed by atoms with Gasteiger partial charge < -0.3 is 42.8 Å². The first-order valence-corrected chi connectivity index (χ1v) is 10.6. The summed E-state index contributed by atoms with van der Waals surface area (Å²) >= 11 is 0. The minimum Gasteiger partial charge on any atom is -0.480 e. The number of carbonyl (C=O) groups is 4. The number of amides is 3. The molecule has 2 rings (SSSR count). The van der Waals surface area contributed by atoms with Crippen molar-refractivity contribution in [1.82, 2.24) is 31.2 Å². The quantitative estimate of drug-likeness (QED) is 0.0837. The Bertz CT molecular complexity index is 833. The second kappa shape index (κ2) is 13.0. The largest absolute Gasteiger partial charge is 0.480 e. The van der Waals surface area contributed by atoms with Gasteiger partial charge in [-0.15, -0.1) is 0 Å². The van der Waals surface area contributed by atoms with Crippen molar-refractivity contribution in [2.75, 3.05) is 19.6 Å². The van der Waals surface area contributed by atoms with Crippen LogP contribution in [0.3, 0.4) is 0 Å². The lowest BCUT2D eigenvalue weighted by atomic mass is 10.1. The number of nitrogens with one attached hydrogen (secondary N) is 5. The molecule has 10 N–H and O–H groups in total. The van der Waals surface area contributed by atoms with E-state index in [1.165, 1.54) is 12.5 Å². The predicted molar refractivity (Wildman–Crippen MR) is 118 cm³/mol. The molecule has 0 aliphatic carbocycles. The number of nitrogens with two attached hydrogens (primary N) is 2. The molecule has 0 bridgehead atoms. The van der Waals surface area contributed by atoms with Crippen LogP contribution in [-0.2, 0) is 25.6 Å². The van der Waals surface area contributed by atoms with Crippen LogP contribution in [0.25, 0.3) is 0 Å². The molecule has 33 heavy (non-hydrogen) atoms. The zero-order chi connectivity index (χ0) is 24.2. The van der Waals surface area contributed by atoms with Crippen LogP contribution in [0.5, 0.6) is 0 Å². The van der Waals surface area contributed by atoms with Crippen LogP contribution in [0.15, 0.2) is 17.5 Å². The van der Waals surface area contributed by atoms with Gasteiger partial charge in [0.05, 0.1) is 18.9 Å². The standard InChI is InChI=1S/C19H31N9O5/c20-19(21)24-6-2-4-13(18(32)33)28-17(31)14(7-11-8-22-10-26-11)27-15(29)9-25-16(30)12-3-1-5-23-12/h8,10,12-14,23H,1-7,9H2,(H,22,26)(H,25,30)(H,27,29)(H,28,31)(H,32,33)(H4,20,21,24). The summed E-state index contributed by atoms with van der Waals surface area (Å²) < 4.78 is 0. The van der Waals surface area contributed by atoms with Gasteiger partial charge in [-0.25, -0.2) is 9.78 Å². The molecule has 14 heteroatoms. The third kappa shape index (κ3) is 9.14. The van der Waals surface area contributed by atoms with Crippen LogP contribution in [0.4, 0.5) is 0 Å². The van der Waals surface area contributed by atoms with Crippen molar-refractivity contribution in [2.24, 2.45) is 16.5 Å². The fourth-order valence-electron chi connectivity index (χ4n) is 3.30. The van der Waals surface area contributed by atoms with Gasteiger partial charge in [-0.05, 0) is 32.2 Å². The molecule has 182 valence electrons. The molecule has 0 aromatic carbocycles. The summed E-state index contributed by atoms with van der Waals surface area (Å²) in [6.07, 6.45) is 4.96. The molecule has 0 saturated carbocycles. The van der Waals surface area contributed by atoms with Gasteiger partial charge in [0.2, 0.25) is 17.7 Å². The van der Waals surface area contributed by atoms with E-state index in [1.54, 1.807) is 0 Å². The summed E-state index contributed by atoms with van der Waals surface area (Å²) in [4.78, 5) is 59.4. The van der Waals surface area contributed by atoms with Crippen molar-refractivity contribution in [3.63, 3.8) is 0 Å². The third-order valence-corrected chi connectivity index (χ3v) is 4.99. The molecular weight excluding hydrogens is 434 g/mol. The number of aromatic amines is 1. The summed E-state index contributed by atoms with van der Waals surface area (Å²) in [5.41, 5.74) is 11.0. The molecule has 0 spiro atoms. The Labute approximate surface area is 190 Å². The number of imidazole rings is 1. The van der Waals surface area contributed by atoms with Crippen LogP contribution in [0, 0.1) is 0 Å². The van der Waals surface area contributed by atoms with Crippen LogP contribution in [-0.4, -0.2) is 82.5 Å². The average molecular weight is 466 g/mol. The Morgan fingerprint density at radius 1 is 1.24 bits per heavy atom. The molecule has 0 radical (unpaired) electrons. The molecule has 2 heterocycles. The Morgan fingerprint density at radius 2 is 2.03 bits per heavy atom. The first-order chi connectivity index (χ1) is 15.8. The summed E-state index contributed by atoms with van der Waals surface area (Å²) in [6, 6.07) is -2.61. The van der Waals surface area contributed by atoms with Gasteiger partial charge in [0, 0.05) is 24.9 Å². The molecule has 3 amide bonds. The SMILES string of the molecule is NC(N)=NCCCC(NC(=O)C(Cc1cnc[nH]1)NC(=O)CNC(=O)C1CCCN1)C(=O)O. The summed E-state index contributed by atoms with van der Waals surface area (Å²) in [5, 5.41) is 20.0. The van der Waals surface area contributed by atoms with Gasteiger partial charge in [-0.2, -0.15) is 0 Å². The normalized spacial score (nSPS) is 16.9. The lowest BCUT2D eigenvalue weighted by Crippen LogP contribution is -2.54. The Morgan fingerprint density at radius 3 is 2.64 bits per heavy atom. The van der Waals surface area contributed by atoms with E-state index in [-0.39, 0.29) is 43.8 Å². The van der Waals surface area contributed by atoms with Crippen molar-refractivity contribution < 1.29 is 24.3 Å². The van der Waals surface area contributed by atoms with Gasteiger partial charge in [0.1, 0.15) is 12.1 Å². The lowest BCUT2D eigenvalue weighted by molar-refractivity contribution is -0.142. The van der Waals surface area contributed by atoms with Crippen molar-refractivity contribution >= 4 is 29.7 Å². The van der Waals surface area contributed by atoms with E-state index in [9.17, 15) is 24.3 Å². The molecule has 1 aromatic heterocycles. The topological polar surface area (TPSA) is 230 Å².